The normalized spacial score (nSPS) is 34.7. The van der Waals surface area contributed by atoms with Gasteiger partial charge >= 0.3 is 0 Å². The summed E-state index contributed by atoms with van der Waals surface area (Å²) in [6.45, 7) is 8.92. The lowest BCUT2D eigenvalue weighted by atomic mass is 10.1. The number of hydrogen-bond acceptors (Lipinski definition) is 3. The summed E-state index contributed by atoms with van der Waals surface area (Å²) in [6, 6.07) is 3.73. The minimum atomic E-state index is 0.167. The molecule has 2 fully saturated rings. The Bertz CT molecular complexity index is 258. The minimum Gasteiger partial charge on any atom is -0.298 e. The van der Waals surface area contributed by atoms with Crippen LogP contribution in [0.3, 0.4) is 0 Å². The molecule has 2 rings (SSSR count). The van der Waals surface area contributed by atoms with Gasteiger partial charge in [0.2, 0.25) is 0 Å². The van der Waals surface area contributed by atoms with E-state index in [1.807, 2.05) is 6.92 Å². The van der Waals surface area contributed by atoms with Gasteiger partial charge in [-0.15, -0.1) is 0 Å². The summed E-state index contributed by atoms with van der Waals surface area (Å²) in [6.07, 6.45) is 2.71. The van der Waals surface area contributed by atoms with Crippen molar-refractivity contribution in [2.45, 2.75) is 38.8 Å². The van der Waals surface area contributed by atoms with Gasteiger partial charge in [-0.05, 0) is 33.2 Å². The fourth-order valence-electron chi connectivity index (χ4n) is 2.89. The average Bonchev–Trinajstić information content (AvgIpc) is 2.65. The molecule has 15 heavy (non-hydrogen) atoms. The molecule has 84 valence electrons. The van der Waals surface area contributed by atoms with Crippen molar-refractivity contribution in [2.24, 2.45) is 5.92 Å². The number of nitrogens with zero attached hydrogens (tertiary/aromatic N) is 3. The van der Waals surface area contributed by atoms with Gasteiger partial charge in [0.25, 0.3) is 0 Å². The Morgan fingerprint density at radius 1 is 1.47 bits per heavy atom. The maximum atomic E-state index is 8.85. The Hall–Kier alpha value is -0.590. The molecule has 0 aromatic heterocycles. The summed E-state index contributed by atoms with van der Waals surface area (Å²) >= 11 is 0. The van der Waals surface area contributed by atoms with E-state index in [0.717, 1.165) is 12.6 Å². The van der Waals surface area contributed by atoms with Gasteiger partial charge in [0, 0.05) is 31.7 Å². The van der Waals surface area contributed by atoms with E-state index >= 15 is 0 Å². The largest absolute Gasteiger partial charge is 0.298 e. The van der Waals surface area contributed by atoms with Crippen LogP contribution in [0.15, 0.2) is 0 Å². The minimum absolute atomic E-state index is 0.167. The van der Waals surface area contributed by atoms with Crippen LogP contribution in [0.1, 0.15) is 26.7 Å². The zero-order chi connectivity index (χ0) is 10.8. The first-order valence-corrected chi connectivity index (χ1v) is 6.08. The number of rotatable bonds is 2. The highest BCUT2D eigenvalue weighted by molar-refractivity contribution is 4.92. The Labute approximate surface area is 92.7 Å². The lowest BCUT2D eigenvalue weighted by molar-refractivity contribution is 0.0544. The molecule has 0 spiro atoms. The van der Waals surface area contributed by atoms with Crippen LogP contribution in [0.25, 0.3) is 0 Å². The van der Waals surface area contributed by atoms with Crippen LogP contribution in [-0.2, 0) is 0 Å². The number of hydrogen-bond donors (Lipinski definition) is 0. The third-order valence-corrected chi connectivity index (χ3v) is 3.80. The monoisotopic (exact) mass is 207 g/mol. The molecular formula is C12H21N3. The Morgan fingerprint density at radius 3 is 3.00 bits per heavy atom. The van der Waals surface area contributed by atoms with Gasteiger partial charge in [-0.25, -0.2) is 0 Å². The molecule has 0 aromatic carbocycles. The second-order valence-electron chi connectivity index (χ2n) is 5.12. The summed E-state index contributed by atoms with van der Waals surface area (Å²) in [5.74, 6) is 0.167. The topological polar surface area (TPSA) is 30.3 Å². The van der Waals surface area contributed by atoms with Crippen LogP contribution in [-0.4, -0.2) is 48.1 Å². The lowest BCUT2D eigenvalue weighted by Gasteiger charge is -2.42. The summed E-state index contributed by atoms with van der Waals surface area (Å²) in [4.78, 5) is 5.12. The van der Waals surface area contributed by atoms with Crippen molar-refractivity contribution in [3.05, 3.63) is 0 Å². The molecule has 0 saturated carbocycles. The van der Waals surface area contributed by atoms with Gasteiger partial charge in [-0.1, -0.05) is 0 Å². The Morgan fingerprint density at radius 2 is 2.27 bits per heavy atom. The van der Waals surface area contributed by atoms with Gasteiger partial charge in [0.05, 0.1) is 12.0 Å². The molecule has 0 radical (unpaired) electrons. The maximum absolute atomic E-state index is 8.85. The lowest BCUT2D eigenvalue weighted by Crippen LogP contribution is -2.55. The van der Waals surface area contributed by atoms with Crippen molar-refractivity contribution in [1.29, 1.82) is 5.26 Å². The van der Waals surface area contributed by atoms with Crippen LogP contribution in [0.2, 0.25) is 0 Å². The maximum Gasteiger partial charge on any atom is 0.0666 e. The molecule has 2 aliphatic heterocycles. The molecule has 0 amide bonds. The first-order valence-electron chi connectivity index (χ1n) is 6.08. The molecule has 2 aliphatic rings. The van der Waals surface area contributed by atoms with E-state index in [1.54, 1.807) is 0 Å². The van der Waals surface area contributed by atoms with Gasteiger partial charge in [-0.3, -0.25) is 9.80 Å². The molecule has 2 heterocycles. The Kier molecular flexibility index (Phi) is 3.28. The SMILES string of the molecule is CC(C#N)CN1CC2CCCN2CC1C. The molecule has 3 unspecified atom stereocenters. The van der Waals surface area contributed by atoms with Gasteiger partial charge in [0.15, 0.2) is 0 Å². The Balaban J connectivity index is 1.93. The molecule has 2 saturated heterocycles. The summed E-state index contributed by atoms with van der Waals surface area (Å²) < 4.78 is 0. The van der Waals surface area contributed by atoms with E-state index in [9.17, 15) is 0 Å². The van der Waals surface area contributed by atoms with E-state index in [4.69, 9.17) is 5.26 Å². The van der Waals surface area contributed by atoms with Crippen molar-refractivity contribution in [2.75, 3.05) is 26.2 Å². The highest BCUT2D eigenvalue weighted by Gasteiger charge is 2.34. The first-order chi connectivity index (χ1) is 7.20. The van der Waals surface area contributed by atoms with Crippen molar-refractivity contribution in [1.82, 2.24) is 9.80 Å². The van der Waals surface area contributed by atoms with Crippen LogP contribution in [0, 0.1) is 17.2 Å². The predicted molar refractivity (Wildman–Crippen MR) is 60.4 cm³/mol. The van der Waals surface area contributed by atoms with E-state index in [0.29, 0.717) is 6.04 Å². The molecular weight excluding hydrogens is 186 g/mol. The van der Waals surface area contributed by atoms with E-state index in [-0.39, 0.29) is 5.92 Å². The van der Waals surface area contributed by atoms with Gasteiger partial charge < -0.3 is 0 Å². The molecule has 0 bridgehead atoms. The highest BCUT2D eigenvalue weighted by atomic mass is 15.3. The summed E-state index contributed by atoms with van der Waals surface area (Å²) in [5.41, 5.74) is 0. The third-order valence-electron chi connectivity index (χ3n) is 3.80. The van der Waals surface area contributed by atoms with Crippen molar-refractivity contribution < 1.29 is 0 Å². The van der Waals surface area contributed by atoms with Crippen LogP contribution in [0.5, 0.6) is 0 Å². The predicted octanol–water partition coefficient (Wildman–Crippen LogP) is 1.31. The number of piperazine rings is 1. The molecule has 3 heteroatoms. The van der Waals surface area contributed by atoms with Crippen LogP contribution >= 0.6 is 0 Å². The first kappa shape index (κ1) is 10.9. The van der Waals surface area contributed by atoms with Crippen molar-refractivity contribution in [3.63, 3.8) is 0 Å². The summed E-state index contributed by atoms with van der Waals surface area (Å²) in [7, 11) is 0. The second-order valence-corrected chi connectivity index (χ2v) is 5.12. The highest BCUT2D eigenvalue weighted by Crippen LogP contribution is 2.24. The fraction of sp³-hybridized carbons (Fsp3) is 0.917. The van der Waals surface area contributed by atoms with Crippen LogP contribution in [0.4, 0.5) is 0 Å². The number of fused-ring (bicyclic) bond motifs is 1. The van der Waals surface area contributed by atoms with E-state index in [2.05, 4.69) is 22.8 Å². The summed E-state index contributed by atoms with van der Waals surface area (Å²) in [5, 5.41) is 8.85. The zero-order valence-corrected chi connectivity index (χ0v) is 9.82. The second kappa shape index (κ2) is 4.51. The van der Waals surface area contributed by atoms with E-state index < -0.39 is 0 Å². The average molecular weight is 207 g/mol. The van der Waals surface area contributed by atoms with Gasteiger partial charge in [0.1, 0.15) is 0 Å². The third kappa shape index (κ3) is 2.32. The van der Waals surface area contributed by atoms with Crippen LogP contribution < -0.4 is 0 Å². The molecule has 0 aromatic rings. The molecule has 0 aliphatic carbocycles. The van der Waals surface area contributed by atoms with Crippen molar-refractivity contribution >= 4 is 0 Å². The molecule has 0 N–H and O–H groups in total. The van der Waals surface area contributed by atoms with E-state index in [1.165, 1.54) is 32.5 Å². The van der Waals surface area contributed by atoms with Gasteiger partial charge in [-0.2, -0.15) is 5.26 Å². The molecule has 3 atom stereocenters. The standard InChI is InChI=1S/C12H21N3/c1-10(6-13)7-15-9-12-4-3-5-14(12)8-11(15)2/h10-12H,3-5,7-9H2,1-2H3. The smallest absolute Gasteiger partial charge is 0.0666 e. The quantitative estimate of drug-likeness (QED) is 0.684. The zero-order valence-electron chi connectivity index (χ0n) is 9.82. The molecule has 3 nitrogen and oxygen atoms in total. The van der Waals surface area contributed by atoms with Crippen molar-refractivity contribution in [3.8, 4) is 6.07 Å². The fourth-order valence-corrected chi connectivity index (χ4v) is 2.89. The number of nitriles is 1.